The quantitative estimate of drug-likeness (QED) is 0.403. The zero-order chi connectivity index (χ0) is 25.4. The Morgan fingerprint density at radius 2 is 1.51 bits per heavy atom. The third-order valence-electron chi connectivity index (χ3n) is 6.06. The van der Waals surface area contributed by atoms with E-state index in [-0.39, 0.29) is 44.8 Å². The van der Waals surface area contributed by atoms with Crippen LogP contribution in [-0.4, -0.2) is 120 Å². The molecule has 3 amide bonds. The van der Waals surface area contributed by atoms with E-state index in [4.69, 9.17) is 0 Å². The molecular formula is C22H30N6O7. The summed E-state index contributed by atoms with van der Waals surface area (Å²) in [7, 11) is 2.40. The fourth-order valence-electron chi connectivity index (χ4n) is 4.08. The van der Waals surface area contributed by atoms with E-state index in [1.54, 1.807) is 23.4 Å². The fourth-order valence-corrected chi connectivity index (χ4v) is 4.08. The Morgan fingerprint density at radius 1 is 0.886 bits per heavy atom. The van der Waals surface area contributed by atoms with Crippen molar-refractivity contribution < 1.29 is 33.4 Å². The lowest BCUT2D eigenvalue weighted by Crippen LogP contribution is -2.60. The lowest BCUT2D eigenvalue weighted by Gasteiger charge is -2.40. The number of aromatic nitrogens is 2. The largest absolute Gasteiger partial charge is 0.469 e. The molecule has 1 unspecified atom stereocenters. The first-order valence-corrected chi connectivity index (χ1v) is 11.4. The Labute approximate surface area is 203 Å². The minimum atomic E-state index is -1.10. The summed E-state index contributed by atoms with van der Waals surface area (Å²) < 4.78 is 9.28. The molecule has 3 heterocycles. The Morgan fingerprint density at radius 3 is 2.14 bits per heavy atom. The fraction of sp³-hybridized carbons (Fsp3) is 0.591. The molecule has 190 valence electrons. The third-order valence-corrected chi connectivity index (χ3v) is 6.06. The molecule has 2 fully saturated rings. The lowest BCUT2D eigenvalue weighted by molar-refractivity contribution is -0.159. The van der Waals surface area contributed by atoms with E-state index >= 15 is 0 Å². The molecule has 2 saturated heterocycles. The molecule has 3 rings (SSSR count). The molecule has 0 bridgehead atoms. The van der Waals surface area contributed by atoms with E-state index in [0.29, 0.717) is 32.1 Å². The van der Waals surface area contributed by atoms with Crippen LogP contribution in [0.3, 0.4) is 0 Å². The highest BCUT2D eigenvalue weighted by atomic mass is 16.5. The van der Waals surface area contributed by atoms with Gasteiger partial charge in [-0.3, -0.25) is 24.0 Å². The number of piperazine rings is 2. The van der Waals surface area contributed by atoms with Gasteiger partial charge in [-0.15, -0.1) is 0 Å². The molecule has 0 radical (unpaired) electrons. The van der Waals surface area contributed by atoms with Gasteiger partial charge in [0.05, 0.1) is 20.6 Å². The molecule has 0 spiro atoms. The second-order valence-corrected chi connectivity index (χ2v) is 8.14. The highest BCUT2D eigenvalue weighted by molar-refractivity contribution is 5.94. The van der Waals surface area contributed by atoms with Crippen LogP contribution < -0.4 is 4.90 Å². The van der Waals surface area contributed by atoms with Gasteiger partial charge >= 0.3 is 11.9 Å². The monoisotopic (exact) mass is 490 g/mol. The molecule has 35 heavy (non-hydrogen) atoms. The number of hydrogen-bond donors (Lipinski definition) is 0. The molecule has 13 heteroatoms. The number of rotatable bonds is 8. The highest BCUT2D eigenvalue weighted by Gasteiger charge is 2.39. The van der Waals surface area contributed by atoms with Crippen molar-refractivity contribution in [2.24, 2.45) is 0 Å². The number of esters is 2. The zero-order valence-corrected chi connectivity index (χ0v) is 19.9. The van der Waals surface area contributed by atoms with Crippen LogP contribution in [0.2, 0.25) is 0 Å². The summed E-state index contributed by atoms with van der Waals surface area (Å²) >= 11 is 0. The minimum absolute atomic E-state index is 0.0117. The second kappa shape index (κ2) is 12.1. The molecule has 1 aromatic heterocycles. The predicted octanol–water partition coefficient (Wildman–Crippen LogP) is -1.32. The number of carbonyl (C=O) groups is 5. The van der Waals surface area contributed by atoms with Gasteiger partial charge in [0.2, 0.25) is 23.7 Å². The molecule has 0 aromatic carbocycles. The molecule has 13 nitrogen and oxygen atoms in total. The van der Waals surface area contributed by atoms with Crippen LogP contribution >= 0.6 is 0 Å². The molecule has 0 saturated carbocycles. The van der Waals surface area contributed by atoms with Crippen LogP contribution in [0.5, 0.6) is 0 Å². The Kier molecular flexibility index (Phi) is 8.92. The van der Waals surface area contributed by atoms with Crippen molar-refractivity contribution in [3.63, 3.8) is 0 Å². The average Bonchev–Trinajstić information content (AvgIpc) is 2.89. The molecular weight excluding hydrogens is 460 g/mol. The highest BCUT2D eigenvalue weighted by Crippen LogP contribution is 2.18. The maximum absolute atomic E-state index is 12.9. The van der Waals surface area contributed by atoms with E-state index in [1.807, 2.05) is 4.90 Å². The number of nitrogens with zero attached hydrogens (tertiary/aromatic N) is 6. The minimum Gasteiger partial charge on any atom is -0.469 e. The average molecular weight is 491 g/mol. The maximum atomic E-state index is 12.9. The second-order valence-electron chi connectivity index (χ2n) is 8.14. The first-order chi connectivity index (χ1) is 16.8. The van der Waals surface area contributed by atoms with Crippen molar-refractivity contribution in [1.82, 2.24) is 24.7 Å². The molecule has 0 aliphatic carbocycles. The van der Waals surface area contributed by atoms with Gasteiger partial charge in [-0.2, -0.15) is 0 Å². The molecule has 0 N–H and O–H groups in total. The van der Waals surface area contributed by atoms with Crippen LogP contribution in [0, 0.1) is 0 Å². The number of carbonyl (C=O) groups excluding carboxylic acids is 5. The van der Waals surface area contributed by atoms with Gasteiger partial charge in [-0.1, -0.05) is 0 Å². The van der Waals surface area contributed by atoms with Crippen molar-refractivity contribution in [1.29, 1.82) is 0 Å². The first-order valence-electron chi connectivity index (χ1n) is 11.4. The number of methoxy groups -OCH3 is 2. The maximum Gasteiger partial charge on any atom is 0.325 e. The Hall–Kier alpha value is -3.77. The van der Waals surface area contributed by atoms with Crippen LogP contribution in [0.4, 0.5) is 5.95 Å². The van der Waals surface area contributed by atoms with E-state index in [2.05, 4.69) is 19.4 Å². The van der Waals surface area contributed by atoms with E-state index in [0.717, 1.165) is 0 Å². The molecule has 2 aliphatic heterocycles. The summed E-state index contributed by atoms with van der Waals surface area (Å²) in [6.07, 6.45) is 2.89. The molecule has 1 aromatic rings. The van der Waals surface area contributed by atoms with E-state index in [9.17, 15) is 24.0 Å². The van der Waals surface area contributed by atoms with Crippen molar-refractivity contribution >= 4 is 35.6 Å². The molecule has 1 atom stereocenters. The van der Waals surface area contributed by atoms with Crippen molar-refractivity contribution in [2.45, 2.75) is 25.3 Å². The SMILES string of the molecule is COC(=O)CC1C(=O)N(CC(=O)OC)CCN1C(=O)CCC(=O)N1CCN(c2ncccn2)CC1. The van der Waals surface area contributed by atoms with Crippen LogP contribution in [0.25, 0.3) is 0 Å². The predicted molar refractivity (Wildman–Crippen MR) is 121 cm³/mol. The van der Waals surface area contributed by atoms with Gasteiger partial charge < -0.3 is 29.1 Å². The normalized spacial score (nSPS) is 18.3. The summed E-state index contributed by atoms with van der Waals surface area (Å²) in [6.45, 7) is 2.13. The summed E-state index contributed by atoms with van der Waals surface area (Å²) in [6, 6.07) is 0.639. The van der Waals surface area contributed by atoms with Crippen molar-refractivity contribution in [3.05, 3.63) is 18.5 Å². The van der Waals surface area contributed by atoms with Gasteiger partial charge in [0, 0.05) is 64.5 Å². The van der Waals surface area contributed by atoms with Gasteiger partial charge in [0.1, 0.15) is 12.6 Å². The van der Waals surface area contributed by atoms with Crippen LogP contribution in [0.1, 0.15) is 19.3 Å². The topological polar surface area (TPSA) is 143 Å². The van der Waals surface area contributed by atoms with Crippen molar-refractivity contribution in [2.75, 3.05) is 64.9 Å². The number of ether oxygens (including phenoxy) is 2. The van der Waals surface area contributed by atoms with Crippen LogP contribution in [-0.2, 0) is 33.4 Å². The summed E-state index contributed by atoms with van der Waals surface area (Å²) in [5, 5.41) is 0. The van der Waals surface area contributed by atoms with Gasteiger partial charge in [0.25, 0.3) is 0 Å². The standard InChI is InChI=1S/C22H30N6O7/c1-34-19(31)14-16-21(33)27(15-20(32)35-2)12-13-28(16)18(30)5-4-17(29)25-8-10-26(11-9-25)22-23-6-3-7-24-22/h3,6-7,16H,4-5,8-15H2,1-2H3. The third kappa shape index (κ3) is 6.64. The zero-order valence-electron chi connectivity index (χ0n) is 19.9. The summed E-state index contributed by atoms with van der Waals surface area (Å²) in [4.78, 5) is 76.7. The van der Waals surface area contributed by atoms with Crippen molar-refractivity contribution in [3.8, 4) is 0 Å². The number of anilines is 1. The van der Waals surface area contributed by atoms with Gasteiger partial charge in [-0.25, -0.2) is 9.97 Å². The smallest absolute Gasteiger partial charge is 0.325 e. The summed E-state index contributed by atoms with van der Waals surface area (Å²) in [5.74, 6) is -1.74. The Balaban J connectivity index is 1.54. The van der Waals surface area contributed by atoms with E-state index in [1.165, 1.54) is 24.0 Å². The summed E-state index contributed by atoms with van der Waals surface area (Å²) in [5.41, 5.74) is 0. The number of hydrogen-bond acceptors (Lipinski definition) is 10. The molecule has 2 aliphatic rings. The Bertz CT molecular complexity index is 935. The number of amides is 3. The first kappa shape index (κ1) is 25.8. The van der Waals surface area contributed by atoms with Gasteiger partial charge in [-0.05, 0) is 6.07 Å². The van der Waals surface area contributed by atoms with E-state index < -0.39 is 29.8 Å². The van der Waals surface area contributed by atoms with Gasteiger partial charge in [0.15, 0.2) is 0 Å². The van der Waals surface area contributed by atoms with Crippen LogP contribution in [0.15, 0.2) is 18.5 Å². The lowest BCUT2D eigenvalue weighted by atomic mass is 10.1.